The lowest BCUT2D eigenvalue weighted by Crippen LogP contribution is -2.46. The third kappa shape index (κ3) is 2.86. The van der Waals surface area contributed by atoms with Gasteiger partial charge in [0.05, 0.1) is 19.3 Å². The van der Waals surface area contributed by atoms with Gasteiger partial charge in [-0.3, -0.25) is 0 Å². The van der Waals surface area contributed by atoms with Gasteiger partial charge < -0.3 is 19.5 Å². The Hall–Kier alpha value is -0.810. The van der Waals surface area contributed by atoms with Gasteiger partial charge in [-0.1, -0.05) is 0 Å². The second-order valence-electron chi connectivity index (χ2n) is 4.50. The van der Waals surface area contributed by atoms with Crippen molar-refractivity contribution in [3.63, 3.8) is 0 Å². The number of carbonyl (C=O) groups is 1. The fraction of sp³-hybridized carbons (Fsp3) is 0.909. The lowest BCUT2D eigenvalue weighted by Gasteiger charge is -2.33. The maximum Gasteiger partial charge on any atom is 0.409 e. The summed E-state index contributed by atoms with van der Waals surface area (Å²) in [6.45, 7) is 2.69. The number of amides is 1. The molecule has 92 valence electrons. The molecule has 2 saturated heterocycles. The predicted octanol–water partition coefficient (Wildman–Crippen LogP) is 0.616. The van der Waals surface area contributed by atoms with Crippen LogP contribution in [0.1, 0.15) is 19.3 Å². The van der Waals surface area contributed by atoms with Crippen molar-refractivity contribution in [1.29, 1.82) is 0 Å². The molecule has 1 amide bonds. The minimum absolute atomic E-state index is 0.149. The summed E-state index contributed by atoms with van der Waals surface area (Å²) in [7, 11) is 0. The molecular weight excluding hydrogens is 210 g/mol. The molecule has 2 rings (SSSR count). The number of rotatable bonds is 4. The van der Waals surface area contributed by atoms with Crippen molar-refractivity contribution in [3.05, 3.63) is 0 Å². The van der Waals surface area contributed by atoms with E-state index in [0.29, 0.717) is 26.1 Å². The van der Waals surface area contributed by atoms with Gasteiger partial charge in [-0.05, 0) is 19.3 Å². The zero-order chi connectivity index (χ0) is 11.4. The number of hydrogen-bond donors (Lipinski definition) is 1. The molecular formula is C11H19NO4. The molecule has 2 heterocycles. The first-order valence-electron chi connectivity index (χ1n) is 5.93. The largest absolute Gasteiger partial charge is 0.449 e. The van der Waals surface area contributed by atoms with Crippen molar-refractivity contribution in [2.75, 3.05) is 32.9 Å². The van der Waals surface area contributed by atoms with Crippen LogP contribution in [0.2, 0.25) is 0 Å². The van der Waals surface area contributed by atoms with Gasteiger partial charge in [-0.15, -0.1) is 0 Å². The number of carbonyl (C=O) groups excluding carboxylic acids is 1. The third-order valence-corrected chi connectivity index (χ3v) is 3.16. The van der Waals surface area contributed by atoms with Crippen molar-refractivity contribution in [3.8, 4) is 0 Å². The van der Waals surface area contributed by atoms with E-state index in [0.717, 1.165) is 19.4 Å². The Morgan fingerprint density at radius 2 is 2.38 bits per heavy atom. The van der Waals surface area contributed by atoms with Crippen LogP contribution in [-0.2, 0) is 9.47 Å². The number of aliphatic hydroxyl groups excluding tert-OH is 1. The Kier molecular flexibility index (Phi) is 4.01. The second-order valence-corrected chi connectivity index (χ2v) is 4.50. The summed E-state index contributed by atoms with van der Waals surface area (Å²) in [5.41, 5.74) is 0. The van der Waals surface area contributed by atoms with E-state index in [9.17, 15) is 4.79 Å². The molecule has 0 radical (unpaired) electrons. The Labute approximate surface area is 95.3 Å². The Morgan fingerprint density at radius 3 is 3.06 bits per heavy atom. The van der Waals surface area contributed by atoms with Crippen LogP contribution < -0.4 is 0 Å². The molecule has 0 aromatic rings. The summed E-state index contributed by atoms with van der Waals surface area (Å²) >= 11 is 0. The Balaban J connectivity index is 1.82. The van der Waals surface area contributed by atoms with E-state index >= 15 is 0 Å². The number of ether oxygens (including phenoxy) is 2. The van der Waals surface area contributed by atoms with Crippen LogP contribution in [0.3, 0.4) is 0 Å². The smallest absolute Gasteiger partial charge is 0.409 e. The van der Waals surface area contributed by atoms with Crippen LogP contribution in [0, 0.1) is 5.92 Å². The lowest BCUT2D eigenvalue weighted by atomic mass is 10.1. The summed E-state index contributed by atoms with van der Waals surface area (Å²) in [4.78, 5) is 13.2. The third-order valence-electron chi connectivity index (χ3n) is 3.16. The number of nitrogens with zero attached hydrogens (tertiary/aromatic N) is 1. The minimum atomic E-state index is -0.246. The average molecular weight is 229 g/mol. The molecule has 0 aliphatic carbocycles. The SMILES string of the molecule is O=C1OCC(CCO)CN1CC1CCCO1. The summed E-state index contributed by atoms with van der Waals surface area (Å²) in [6, 6.07) is 0. The molecule has 0 aromatic carbocycles. The predicted molar refractivity (Wildman–Crippen MR) is 57.1 cm³/mol. The highest BCUT2D eigenvalue weighted by atomic mass is 16.6. The molecule has 16 heavy (non-hydrogen) atoms. The van der Waals surface area contributed by atoms with Gasteiger partial charge >= 0.3 is 6.09 Å². The van der Waals surface area contributed by atoms with Crippen molar-refractivity contribution < 1.29 is 19.4 Å². The van der Waals surface area contributed by atoms with Crippen LogP contribution in [-0.4, -0.2) is 55.1 Å². The molecule has 5 nitrogen and oxygen atoms in total. The summed E-state index contributed by atoms with van der Waals surface area (Å²) in [6.07, 6.45) is 2.71. The number of cyclic esters (lactones) is 1. The Bertz CT molecular complexity index is 240. The van der Waals surface area contributed by atoms with E-state index in [1.165, 1.54) is 0 Å². The fourth-order valence-corrected chi connectivity index (χ4v) is 2.26. The van der Waals surface area contributed by atoms with Crippen LogP contribution in [0.25, 0.3) is 0 Å². The minimum Gasteiger partial charge on any atom is -0.449 e. The molecule has 0 spiro atoms. The highest BCUT2D eigenvalue weighted by molar-refractivity contribution is 5.68. The normalized spacial score (nSPS) is 30.6. The van der Waals surface area contributed by atoms with Crippen molar-refractivity contribution in [1.82, 2.24) is 4.90 Å². The van der Waals surface area contributed by atoms with E-state index in [4.69, 9.17) is 14.6 Å². The van der Waals surface area contributed by atoms with Gasteiger partial charge in [0.15, 0.2) is 0 Å². The Morgan fingerprint density at radius 1 is 1.50 bits per heavy atom. The van der Waals surface area contributed by atoms with Crippen LogP contribution in [0.15, 0.2) is 0 Å². The molecule has 0 bridgehead atoms. The van der Waals surface area contributed by atoms with Gasteiger partial charge in [-0.25, -0.2) is 4.79 Å². The average Bonchev–Trinajstić information content (AvgIpc) is 2.76. The van der Waals surface area contributed by atoms with Gasteiger partial charge in [0, 0.05) is 25.7 Å². The van der Waals surface area contributed by atoms with Crippen LogP contribution in [0.4, 0.5) is 4.79 Å². The van der Waals surface area contributed by atoms with Gasteiger partial charge in [0.25, 0.3) is 0 Å². The van der Waals surface area contributed by atoms with Crippen LogP contribution in [0.5, 0.6) is 0 Å². The monoisotopic (exact) mass is 229 g/mol. The van der Waals surface area contributed by atoms with E-state index in [1.807, 2.05) is 0 Å². The second kappa shape index (κ2) is 5.50. The quantitative estimate of drug-likeness (QED) is 0.767. The molecule has 2 aliphatic heterocycles. The summed E-state index contributed by atoms with van der Waals surface area (Å²) < 4.78 is 10.6. The summed E-state index contributed by atoms with van der Waals surface area (Å²) in [5, 5.41) is 8.87. The van der Waals surface area contributed by atoms with Gasteiger partial charge in [0.1, 0.15) is 0 Å². The first-order chi connectivity index (χ1) is 7.79. The maximum atomic E-state index is 11.5. The number of hydrogen-bond acceptors (Lipinski definition) is 4. The van der Waals surface area contributed by atoms with E-state index in [-0.39, 0.29) is 24.7 Å². The van der Waals surface area contributed by atoms with Crippen molar-refractivity contribution in [2.24, 2.45) is 5.92 Å². The molecule has 1 N–H and O–H groups in total. The van der Waals surface area contributed by atoms with Crippen LogP contribution >= 0.6 is 0 Å². The fourth-order valence-electron chi connectivity index (χ4n) is 2.26. The summed E-state index contributed by atoms with van der Waals surface area (Å²) in [5.74, 6) is 0.254. The van der Waals surface area contributed by atoms with Gasteiger partial charge in [0.2, 0.25) is 0 Å². The highest BCUT2D eigenvalue weighted by Crippen LogP contribution is 2.18. The van der Waals surface area contributed by atoms with Gasteiger partial charge in [-0.2, -0.15) is 0 Å². The van der Waals surface area contributed by atoms with Crippen molar-refractivity contribution in [2.45, 2.75) is 25.4 Å². The lowest BCUT2D eigenvalue weighted by molar-refractivity contribution is 0.0110. The first-order valence-corrected chi connectivity index (χ1v) is 5.93. The molecule has 2 fully saturated rings. The molecule has 2 aliphatic rings. The van der Waals surface area contributed by atoms with E-state index in [2.05, 4.69) is 0 Å². The zero-order valence-corrected chi connectivity index (χ0v) is 9.43. The molecule has 0 aromatic heterocycles. The molecule has 5 heteroatoms. The standard InChI is InChI=1S/C11H19NO4/c13-4-3-9-6-12(11(14)16-8-9)7-10-2-1-5-15-10/h9-10,13H,1-8H2. The highest BCUT2D eigenvalue weighted by Gasteiger charge is 2.29. The first kappa shape index (κ1) is 11.7. The zero-order valence-electron chi connectivity index (χ0n) is 9.43. The molecule has 2 unspecified atom stereocenters. The number of aliphatic hydroxyl groups is 1. The van der Waals surface area contributed by atoms with E-state index < -0.39 is 0 Å². The van der Waals surface area contributed by atoms with E-state index in [1.54, 1.807) is 4.90 Å². The molecule has 2 atom stereocenters. The van der Waals surface area contributed by atoms with Crippen molar-refractivity contribution >= 4 is 6.09 Å². The maximum absolute atomic E-state index is 11.5. The molecule has 0 saturated carbocycles. The topological polar surface area (TPSA) is 59.0 Å².